The van der Waals surface area contributed by atoms with Gasteiger partial charge < -0.3 is 25.4 Å². The van der Waals surface area contributed by atoms with E-state index in [1.807, 2.05) is 18.2 Å². The number of aromatic nitrogens is 4. The van der Waals surface area contributed by atoms with Gasteiger partial charge in [-0.3, -0.25) is 24.5 Å². The molecule has 2 fully saturated rings. The number of hydrogen-bond donors (Lipinski definition) is 4. The molecule has 0 spiro atoms. The molecule has 3 aromatic heterocycles. The molecule has 4 N–H and O–H groups in total. The predicted octanol–water partition coefficient (Wildman–Crippen LogP) is 9.51. The molecule has 3 aromatic carbocycles. The van der Waals surface area contributed by atoms with Gasteiger partial charge in [0, 0.05) is 61.0 Å². The number of anilines is 4. The molecule has 0 saturated carbocycles. The summed E-state index contributed by atoms with van der Waals surface area (Å²) < 4.78 is 91.6. The van der Waals surface area contributed by atoms with Crippen molar-refractivity contribution in [1.29, 1.82) is 0 Å². The molecule has 67 heavy (non-hydrogen) atoms. The minimum absolute atomic E-state index is 0.0114. The van der Waals surface area contributed by atoms with Gasteiger partial charge in [-0.2, -0.15) is 31.4 Å². The number of morpholine rings is 2. The van der Waals surface area contributed by atoms with Gasteiger partial charge in [0.05, 0.1) is 60.4 Å². The highest BCUT2D eigenvalue weighted by molar-refractivity contribution is 6.33. The smallest absolute Gasteiger partial charge is 0.379 e. The van der Waals surface area contributed by atoms with Crippen molar-refractivity contribution in [2.24, 2.45) is 0 Å². The first-order valence-corrected chi connectivity index (χ1v) is 22.0. The van der Waals surface area contributed by atoms with E-state index in [0.717, 1.165) is 74.4 Å². The second-order valence-corrected chi connectivity index (χ2v) is 16.3. The molecule has 2 aliphatic heterocycles. The van der Waals surface area contributed by atoms with Gasteiger partial charge in [0.15, 0.2) is 0 Å². The number of aryl methyl sites for hydroxylation is 2. The van der Waals surface area contributed by atoms with Gasteiger partial charge in [0.1, 0.15) is 11.0 Å². The molecule has 5 heterocycles. The van der Waals surface area contributed by atoms with E-state index in [1.54, 1.807) is 30.5 Å². The van der Waals surface area contributed by atoms with Crippen LogP contribution in [0.3, 0.4) is 0 Å². The van der Waals surface area contributed by atoms with E-state index in [1.165, 1.54) is 24.5 Å². The molecule has 0 aliphatic carbocycles. The Labute approximate surface area is 387 Å². The highest BCUT2D eigenvalue weighted by Crippen LogP contribution is 2.34. The third kappa shape index (κ3) is 14.2. The average molecular weight is 952 g/mol. The van der Waals surface area contributed by atoms with Gasteiger partial charge in [-0.25, -0.2) is 9.97 Å². The normalized spacial score (nSPS) is 14.9. The number of H-pyrrole nitrogens is 1. The van der Waals surface area contributed by atoms with Gasteiger partial charge in [-0.05, 0) is 129 Å². The van der Waals surface area contributed by atoms with Crippen LogP contribution in [0.5, 0.6) is 0 Å². The van der Waals surface area contributed by atoms with E-state index in [2.05, 4.69) is 45.9 Å². The number of ether oxygens (including phenoxy) is 2. The summed E-state index contributed by atoms with van der Waals surface area (Å²) >= 11 is 5.90. The summed E-state index contributed by atoms with van der Waals surface area (Å²) in [7, 11) is 0. The second-order valence-electron chi connectivity index (χ2n) is 15.9. The maximum atomic E-state index is 13.7. The Balaban J connectivity index is 0.000000207. The lowest BCUT2D eigenvalue weighted by molar-refractivity contribution is -0.138. The van der Waals surface area contributed by atoms with Crippen LogP contribution < -0.4 is 16.0 Å². The molecule has 0 atom stereocenters. The molecular weight excluding hydrogens is 904 g/mol. The Morgan fingerprint density at radius 3 is 1.72 bits per heavy atom. The van der Waals surface area contributed by atoms with Crippen LogP contribution in [0.2, 0.25) is 5.15 Å². The highest BCUT2D eigenvalue weighted by Gasteiger charge is 2.32. The number of pyridine rings is 2. The van der Waals surface area contributed by atoms with Gasteiger partial charge in [0.25, 0.3) is 11.8 Å². The van der Waals surface area contributed by atoms with E-state index >= 15 is 0 Å². The first-order valence-electron chi connectivity index (χ1n) is 21.6. The van der Waals surface area contributed by atoms with E-state index in [4.69, 9.17) is 21.1 Å². The van der Waals surface area contributed by atoms with Crippen LogP contribution in [0.25, 0.3) is 10.9 Å². The van der Waals surface area contributed by atoms with Crippen molar-refractivity contribution in [1.82, 2.24) is 30.0 Å². The topological polar surface area (TPSA) is 150 Å². The van der Waals surface area contributed by atoms with Crippen molar-refractivity contribution < 1.29 is 45.4 Å². The predicted molar refractivity (Wildman–Crippen MR) is 243 cm³/mol. The van der Waals surface area contributed by atoms with Crippen molar-refractivity contribution in [3.05, 3.63) is 136 Å². The van der Waals surface area contributed by atoms with Crippen LogP contribution in [0.15, 0.2) is 97.5 Å². The first kappa shape index (κ1) is 48.8. The third-order valence-corrected chi connectivity index (χ3v) is 11.3. The van der Waals surface area contributed by atoms with Crippen LogP contribution >= 0.6 is 11.6 Å². The zero-order valence-corrected chi connectivity index (χ0v) is 36.9. The van der Waals surface area contributed by atoms with Gasteiger partial charge in [-0.1, -0.05) is 11.6 Å². The standard InChI is InChI=1S/C27H27F3N6O2.C20H21ClF3N3O2/c28-27(29,30)20-13-18(3-2-8-36-9-11-38-12-10-36)14-22(15-20)34-26(37)23-4-1-7-31-25(23)33-21-6-5-19-17-32-35-24(19)16-21;21-18-17(4-1-5-25-18)19(28)26-16-12-14(11-15(13-16)20(22,23)24)3-2-6-27-7-9-29-10-8-27/h1,4-7,13-17H,2-3,8-12H2,(H,31,33)(H,32,35)(H,34,37);1,4-5,11-13H,2-3,6-10H2,(H,26,28). The van der Waals surface area contributed by atoms with Crippen molar-refractivity contribution >= 4 is 57.2 Å². The van der Waals surface area contributed by atoms with Crippen molar-refractivity contribution in [3.8, 4) is 0 Å². The summed E-state index contributed by atoms with van der Waals surface area (Å²) in [5.74, 6) is -0.898. The molecule has 6 aromatic rings. The lowest BCUT2D eigenvalue weighted by Crippen LogP contribution is -2.36. The summed E-state index contributed by atoms with van der Waals surface area (Å²) in [5, 5.41) is 16.1. The number of nitrogens with one attached hydrogen (secondary N) is 4. The fraction of sp³-hybridized carbons (Fsp3) is 0.340. The van der Waals surface area contributed by atoms with Gasteiger partial charge in [-0.15, -0.1) is 0 Å². The van der Waals surface area contributed by atoms with Crippen molar-refractivity contribution in [2.45, 2.75) is 38.0 Å². The summed E-state index contributed by atoms with van der Waals surface area (Å²) in [6, 6.07) is 19.0. The van der Waals surface area contributed by atoms with E-state index in [9.17, 15) is 35.9 Å². The first-order chi connectivity index (χ1) is 32.2. The molecule has 2 saturated heterocycles. The second kappa shape index (κ2) is 22.6. The minimum atomic E-state index is -4.54. The Morgan fingerprint density at radius 2 is 1.18 bits per heavy atom. The number of aromatic amines is 1. The van der Waals surface area contributed by atoms with Crippen LogP contribution in [0.1, 0.15) is 55.8 Å². The number of alkyl halides is 6. The molecule has 2 aliphatic rings. The molecule has 8 rings (SSSR count). The van der Waals surface area contributed by atoms with Gasteiger partial charge in [0.2, 0.25) is 0 Å². The maximum absolute atomic E-state index is 13.7. The number of halogens is 7. The Morgan fingerprint density at radius 1 is 0.657 bits per heavy atom. The lowest BCUT2D eigenvalue weighted by atomic mass is 10.0. The van der Waals surface area contributed by atoms with Crippen LogP contribution in [-0.2, 0) is 34.7 Å². The summed E-state index contributed by atoms with van der Waals surface area (Å²) in [5.41, 5.74) is 1.37. The fourth-order valence-electron chi connectivity index (χ4n) is 7.60. The molecule has 0 unspecified atom stereocenters. The molecular formula is C47H48ClF6N9O4. The van der Waals surface area contributed by atoms with E-state index in [-0.39, 0.29) is 33.5 Å². The number of rotatable bonds is 14. The number of carbonyl (C=O) groups is 2. The maximum Gasteiger partial charge on any atom is 0.416 e. The Kier molecular flexibility index (Phi) is 16.4. The summed E-state index contributed by atoms with van der Waals surface area (Å²) in [4.78, 5) is 38.1. The van der Waals surface area contributed by atoms with E-state index < -0.39 is 35.3 Å². The summed E-state index contributed by atoms with van der Waals surface area (Å²) in [6.07, 6.45) is -2.05. The molecule has 0 radical (unpaired) electrons. The minimum Gasteiger partial charge on any atom is -0.379 e. The lowest BCUT2D eigenvalue weighted by Gasteiger charge is -2.26. The van der Waals surface area contributed by atoms with E-state index in [0.29, 0.717) is 68.9 Å². The zero-order chi connectivity index (χ0) is 47.4. The van der Waals surface area contributed by atoms with Gasteiger partial charge >= 0.3 is 12.4 Å². The molecule has 0 bridgehead atoms. The number of amides is 2. The molecule has 354 valence electrons. The zero-order valence-electron chi connectivity index (χ0n) is 36.2. The number of carbonyl (C=O) groups excluding carboxylic acids is 2. The highest BCUT2D eigenvalue weighted by atomic mass is 35.5. The Bertz CT molecular complexity index is 2620. The third-order valence-electron chi connectivity index (χ3n) is 11.0. The molecule has 2 amide bonds. The monoisotopic (exact) mass is 951 g/mol. The average Bonchev–Trinajstić information content (AvgIpc) is 3.78. The number of nitrogens with zero attached hydrogens (tertiary/aromatic N) is 5. The van der Waals surface area contributed by atoms with Crippen LogP contribution in [0.4, 0.5) is 49.2 Å². The molecule has 13 nitrogen and oxygen atoms in total. The quantitative estimate of drug-likeness (QED) is 0.0615. The number of hydrogen-bond acceptors (Lipinski definition) is 10. The SMILES string of the molecule is O=C(Nc1cc(CCCN2CCOCC2)cc(C(F)(F)F)c1)c1cccnc1Cl.O=C(Nc1cc(CCCN2CCOCC2)cc(C(F)(F)F)c1)c1cccnc1Nc1ccc2cn[nH]c2c1. The number of fused-ring (bicyclic) bond motifs is 1. The van der Waals surface area contributed by atoms with Crippen molar-refractivity contribution in [3.63, 3.8) is 0 Å². The van der Waals surface area contributed by atoms with Crippen LogP contribution in [-0.4, -0.2) is 107 Å². The fourth-order valence-corrected chi connectivity index (χ4v) is 7.80. The summed E-state index contributed by atoms with van der Waals surface area (Å²) in [6.45, 7) is 7.55. The van der Waals surface area contributed by atoms with Crippen molar-refractivity contribution in [2.75, 3.05) is 81.6 Å². The Hall–Kier alpha value is -6.12. The van der Waals surface area contributed by atoms with Crippen LogP contribution in [0, 0.1) is 0 Å². The largest absolute Gasteiger partial charge is 0.416 e. The number of benzene rings is 3. The molecule has 20 heteroatoms.